The first kappa shape index (κ1) is 14.7. The van der Waals surface area contributed by atoms with Crippen molar-refractivity contribution in [3.05, 3.63) is 64.9 Å². The summed E-state index contributed by atoms with van der Waals surface area (Å²) in [6.45, 7) is 0.166. The van der Waals surface area contributed by atoms with Crippen LogP contribution < -0.4 is 5.76 Å². The van der Waals surface area contributed by atoms with E-state index in [-0.39, 0.29) is 18.7 Å². The molecule has 0 saturated heterocycles. The largest absolute Gasteiger partial charge is 0.419 e. The molecule has 6 nitrogen and oxygen atoms in total. The van der Waals surface area contributed by atoms with Gasteiger partial charge in [-0.25, -0.2) is 4.79 Å². The van der Waals surface area contributed by atoms with Crippen LogP contribution in [0.3, 0.4) is 0 Å². The van der Waals surface area contributed by atoms with E-state index in [1.807, 2.05) is 6.07 Å². The second-order valence-corrected chi connectivity index (χ2v) is 5.02. The van der Waals surface area contributed by atoms with Crippen molar-refractivity contribution in [2.24, 2.45) is 0 Å². The maximum Gasteiger partial charge on any atom is 0.419 e. The number of benzene rings is 1. The highest BCUT2D eigenvalue weighted by Gasteiger charge is 2.21. The quantitative estimate of drug-likeness (QED) is 0.721. The number of carbonyl (C=O) groups is 1. The van der Waals surface area contributed by atoms with Gasteiger partial charge in [-0.15, -0.1) is 0 Å². The molecule has 0 aliphatic rings. The lowest BCUT2D eigenvalue weighted by Crippen LogP contribution is -2.19. The zero-order chi connectivity index (χ0) is 16.2. The summed E-state index contributed by atoms with van der Waals surface area (Å²) in [6.07, 6.45) is 1.60. The molecule has 0 aliphatic carbocycles. The van der Waals surface area contributed by atoms with Crippen molar-refractivity contribution >= 4 is 16.9 Å². The Kier molecular flexibility index (Phi) is 4.02. The lowest BCUT2D eigenvalue weighted by Gasteiger charge is -2.07. The van der Waals surface area contributed by atoms with Gasteiger partial charge in [-0.05, 0) is 24.3 Å². The zero-order valence-electron chi connectivity index (χ0n) is 12.2. The summed E-state index contributed by atoms with van der Waals surface area (Å²) < 4.78 is 6.52. The zero-order valence-corrected chi connectivity index (χ0v) is 12.2. The summed E-state index contributed by atoms with van der Waals surface area (Å²) in [5.74, 6) is -1.71. The molecule has 0 bridgehead atoms. The number of nitriles is 1. The first-order chi connectivity index (χ1) is 11.2. The number of Topliss-reactive ketones (excluding diaryl/α,β-unsaturated/α-hetero) is 1. The fraction of sp³-hybridized carbons (Fsp3) is 0.176. The van der Waals surface area contributed by atoms with Crippen LogP contribution in [0, 0.1) is 11.3 Å². The van der Waals surface area contributed by atoms with E-state index >= 15 is 0 Å². The summed E-state index contributed by atoms with van der Waals surface area (Å²) in [5.41, 5.74) is 1.53. The van der Waals surface area contributed by atoms with E-state index in [0.29, 0.717) is 16.8 Å². The molecule has 0 radical (unpaired) electrons. The second kappa shape index (κ2) is 6.28. The lowest BCUT2D eigenvalue weighted by molar-refractivity contribution is -0.119. The van der Waals surface area contributed by atoms with E-state index in [0.717, 1.165) is 0 Å². The highest BCUT2D eigenvalue weighted by Crippen LogP contribution is 2.17. The molecule has 0 amide bonds. The fourth-order valence-electron chi connectivity index (χ4n) is 2.44. The molecule has 2 aromatic heterocycles. The molecular weight excluding hydrogens is 294 g/mol. The fourth-order valence-corrected chi connectivity index (χ4v) is 2.44. The number of hydrogen-bond donors (Lipinski definition) is 0. The van der Waals surface area contributed by atoms with Crippen LogP contribution in [-0.2, 0) is 11.3 Å². The SMILES string of the molecule is N#C[C@@H](C(=O)CCn1c(=O)oc2ccccc21)c1ccccn1. The van der Waals surface area contributed by atoms with Crippen molar-refractivity contribution < 1.29 is 9.21 Å². The summed E-state index contributed by atoms with van der Waals surface area (Å²) in [6, 6.07) is 14.1. The predicted octanol–water partition coefficient (Wildman–Crippen LogP) is 2.26. The third-order valence-electron chi connectivity index (χ3n) is 3.59. The predicted molar refractivity (Wildman–Crippen MR) is 82.7 cm³/mol. The van der Waals surface area contributed by atoms with Gasteiger partial charge in [0.05, 0.1) is 17.3 Å². The summed E-state index contributed by atoms with van der Waals surface area (Å²) in [5, 5.41) is 9.24. The van der Waals surface area contributed by atoms with E-state index < -0.39 is 11.7 Å². The molecular formula is C17H13N3O3. The normalized spacial score (nSPS) is 12.0. The number of rotatable bonds is 5. The van der Waals surface area contributed by atoms with Gasteiger partial charge >= 0.3 is 5.76 Å². The van der Waals surface area contributed by atoms with E-state index in [1.165, 1.54) is 4.57 Å². The van der Waals surface area contributed by atoms with Crippen molar-refractivity contribution in [1.29, 1.82) is 5.26 Å². The summed E-state index contributed by atoms with van der Waals surface area (Å²) in [7, 11) is 0. The maximum atomic E-state index is 12.3. The topological polar surface area (TPSA) is 88.9 Å². The third-order valence-corrected chi connectivity index (χ3v) is 3.59. The molecule has 1 aromatic carbocycles. The van der Waals surface area contributed by atoms with Crippen molar-refractivity contribution in [1.82, 2.24) is 9.55 Å². The number of pyridine rings is 1. The Morgan fingerprint density at radius 2 is 2.04 bits per heavy atom. The number of aryl methyl sites for hydroxylation is 1. The molecule has 0 fully saturated rings. The van der Waals surface area contributed by atoms with E-state index in [2.05, 4.69) is 4.98 Å². The number of oxazole rings is 1. The average Bonchev–Trinajstić information content (AvgIpc) is 2.90. The van der Waals surface area contributed by atoms with E-state index in [4.69, 9.17) is 4.42 Å². The molecule has 0 unspecified atom stereocenters. The van der Waals surface area contributed by atoms with Crippen molar-refractivity contribution in [3.63, 3.8) is 0 Å². The van der Waals surface area contributed by atoms with Crippen LogP contribution in [0.5, 0.6) is 0 Å². The Hall–Kier alpha value is -3.20. The number of aromatic nitrogens is 2. The molecule has 23 heavy (non-hydrogen) atoms. The van der Waals surface area contributed by atoms with Gasteiger partial charge < -0.3 is 4.42 Å². The average molecular weight is 307 g/mol. The van der Waals surface area contributed by atoms with E-state index in [9.17, 15) is 14.9 Å². The van der Waals surface area contributed by atoms with E-state index in [1.54, 1.807) is 48.7 Å². The minimum Gasteiger partial charge on any atom is -0.408 e. The monoisotopic (exact) mass is 307 g/mol. The molecule has 114 valence electrons. The minimum atomic E-state index is -0.926. The van der Waals surface area contributed by atoms with Crippen LogP contribution in [0.4, 0.5) is 0 Å². The van der Waals surface area contributed by atoms with Crippen LogP contribution in [0.15, 0.2) is 57.9 Å². The highest BCUT2D eigenvalue weighted by atomic mass is 16.4. The highest BCUT2D eigenvalue weighted by molar-refractivity contribution is 5.88. The van der Waals surface area contributed by atoms with Crippen molar-refractivity contribution in [2.45, 2.75) is 18.9 Å². The Bertz CT molecular complexity index is 935. The molecule has 0 saturated carbocycles. The third kappa shape index (κ3) is 2.90. The van der Waals surface area contributed by atoms with Gasteiger partial charge in [0.2, 0.25) is 0 Å². The molecule has 0 spiro atoms. The molecule has 1 atom stereocenters. The van der Waals surface area contributed by atoms with Crippen LogP contribution in [0.2, 0.25) is 0 Å². The van der Waals surface area contributed by atoms with Crippen LogP contribution >= 0.6 is 0 Å². The Labute approximate surface area is 131 Å². The van der Waals surface area contributed by atoms with Gasteiger partial charge in [-0.1, -0.05) is 18.2 Å². The molecule has 6 heteroatoms. The smallest absolute Gasteiger partial charge is 0.408 e. The Balaban J connectivity index is 1.79. The molecule has 0 N–H and O–H groups in total. The molecule has 2 heterocycles. The Morgan fingerprint density at radius 3 is 2.78 bits per heavy atom. The Morgan fingerprint density at radius 1 is 1.26 bits per heavy atom. The second-order valence-electron chi connectivity index (χ2n) is 5.02. The van der Waals surface area contributed by atoms with Gasteiger partial charge in [0.1, 0.15) is 5.92 Å². The molecule has 3 rings (SSSR count). The van der Waals surface area contributed by atoms with Gasteiger partial charge in [0.15, 0.2) is 11.4 Å². The van der Waals surface area contributed by atoms with Crippen LogP contribution in [-0.4, -0.2) is 15.3 Å². The lowest BCUT2D eigenvalue weighted by atomic mass is 9.99. The number of para-hydroxylation sites is 2. The molecule has 0 aliphatic heterocycles. The first-order valence-electron chi connectivity index (χ1n) is 7.12. The van der Waals surface area contributed by atoms with Gasteiger partial charge in [-0.3, -0.25) is 14.3 Å². The van der Waals surface area contributed by atoms with Crippen molar-refractivity contribution in [3.8, 4) is 6.07 Å². The maximum absolute atomic E-state index is 12.3. The summed E-state index contributed by atoms with van der Waals surface area (Å²) >= 11 is 0. The van der Waals surface area contributed by atoms with Gasteiger partial charge in [-0.2, -0.15) is 5.26 Å². The number of carbonyl (C=O) groups excluding carboxylic acids is 1. The van der Waals surface area contributed by atoms with Crippen molar-refractivity contribution in [2.75, 3.05) is 0 Å². The molecule has 3 aromatic rings. The number of nitrogens with zero attached hydrogens (tertiary/aromatic N) is 3. The standard InChI is InChI=1S/C17H13N3O3/c18-11-12(13-5-3-4-9-19-13)15(21)8-10-20-14-6-1-2-7-16(14)23-17(20)22/h1-7,9,12H,8,10H2/t12-/m1/s1. The van der Waals surface area contributed by atoms with Gasteiger partial charge in [0, 0.05) is 19.2 Å². The number of hydrogen-bond acceptors (Lipinski definition) is 5. The number of fused-ring (bicyclic) bond motifs is 1. The first-order valence-corrected chi connectivity index (χ1v) is 7.12. The number of ketones is 1. The summed E-state index contributed by atoms with van der Waals surface area (Å²) in [4.78, 5) is 28.2. The van der Waals surface area contributed by atoms with Crippen LogP contribution in [0.1, 0.15) is 18.0 Å². The van der Waals surface area contributed by atoms with Crippen LogP contribution in [0.25, 0.3) is 11.1 Å². The minimum absolute atomic E-state index is 0.0538. The van der Waals surface area contributed by atoms with Gasteiger partial charge in [0.25, 0.3) is 0 Å².